The number of ether oxygens (including phenoxy) is 1. The standard InChI is InChI=1S/C31H43N5O2/c1-21-18-25-19-32-31(33-26-13-16-38-17-14-26)34-28(25)20-36(21)29(37)11-8-24-12-15-35(27-9-10-27)22(2)30(24)23-6-4-3-5-7-23/h3-7,19,21-22,24,26-27,30H,8-18,20H2,1-2H3,(H,32,33,34)/t21-,22?,24?,30-/m1/s1. The number of hydrogen-bond donors (Lipinski definition) is 1. The van der Waals surface area contributed by atoms with E-state index in [-0.39, 0.29) is 11.9 Å². The van der Waals surface area contributed by atoms with Crippen molar-refractivity contribution in [2.75, 3.05) is 25.1 Å². The second-order valence-electron chi connectivity index (χ2n) is 12.0. The number of aromatic nitrogens is 2. The maximum atomic E-state index is 13.6. The minimum Gasteiger partial charge on any atom is -0.381 e. The zero-order chi connectivity index (χ0) is 26.1. The van der Waals surface area contributed by atoms with Crippen LogP contribution in [0.3, 0.4) is 0 Å². The fourth-order valence-corrected chi connectivity index (χ4v) is 7.15. The van der Waals surface area contributed by atoms with Gasteiger partial charge in [0.2, 0.25) is 11.9 Å². The second kappa shape index (κ2) is 11.3. The van der Waals surface area contributed by atoms with Gasteiger partial charge in [0.25, 0.3) is 0 Å². The number of likely N-dealkylation sites (tertiary alicyclic amines) is 1. The van der Waals surface area contributed by atoms with Crippen molar-refractivity contribution in [2.45, 2.75) is 102 Å². The molecule has 2 aromatic rings. The number of carbonyl (C=O) groups is 1. The summed E-state index contributed by atoms with van der Waals surface area (Å²) in [6.07, 6.45) is 10.2. The third-order valence-corrected chi connectivity index (χ3v) is 9.43. The van der Waals surface area contributed by atoms with Crippen molar-refractivity contribution in [1.29, 1.82) is 0 Å². The summed E-state index contributed by atoms with van der Waals surface area (Å²) < 4.78 is 5.48. The van der Waals surface area contributed by atoms with E-state index in [0.717, 1.165) is 50.6 Å². The topological polar surface area (TPSA) is 70.6 Å². The van der Waals surface area contributed by atoms with Crippen LogP contribution in [0.4, 0.5) is 5.95 Å². The lowest BCUT2D eigenvalue weighted by atomic mass is 9.73. The Bertz CT molecular complexity index is 1100. The Morgan fingerprint density at radius 1 is 1.08 bits per heavy atom. The third kappa shape index (κ3) is 5.59. The number of fused-ring (bicyclic) bond motifs is 1. The van der Waals surface area contributed by atoms with Crippen LogP contribution in [0, 0.1) is 5.92 Å². The summed E-state index contributed by atoms with van der Waals surface area (Å²) in [5, 5.41) is 3.49. The Balaban J connectivity index is 1.11. The summed E-state index contributed by atoms with van der Waals surface area (Å²) in [5.41, 5.74) is 3.60. The molecule has 1 aliphatic carbocycles. The van der Waals surface area contributed by atoms with E-state index in [4.69, 9.17) is 9.72 Å². The predicted molar refractivity (Wildman–Crippen MR) is 149 cm³/mol. The molecule has 7 nitrogen and oxygen atoms in total. The highest BCUT2D eigenvalue weighted by molar-refractivity contribution is 5.76. The molecule has 1 aromatic carbocycles. The average Bonchev–Trinajstić information content (AvgIpc) is 3.78. The quantitative estimate of drug-likeness (QED) is 0.570. The summed E-state index contributed by atoms with van der Waals surface area (Å²) in [5.74, 6) is 1.98. The molecular formula is C31H43N5O2. The summed E-state index contributed by atoms with van der Waals surface area (Å²) >= 11 is 0. The molecule has 7 heteroatoms. The summed E-state index contributed by atoms with van der Waals surface area (Å²) in [6, 6.07) is 12.9. The predicted octanol–water partition coefficient (Wildman–Crippen LogP) is 4.78. The molecule has 1 N–H and O–H groups in total. The molecule has 1 saturated carbocycles. The number of nitrogens with zero attached hydrogens (tertiary/aromatic N) is 4. The normalized spacial score (nSPS) is 28.6. The van der Waals surface area contributed by atoms with Crippen LogP contribution in [0.15, 0.2) is 36.5 Å². The minimum absolute atomic E-state index is 0.175. The Hall–Kier alpha value is -2.51. The largest absolute Gasteiger partial charge is 0.381 e. The minimum atomic E-state index is 0.175. The molecule has 38 heavy (non-hydrogen) atoms. The first kappa shape index (κ1) is 25.8. The van der Waals surface area contributed by atoms with E-state index in [1.807, 2.05) is 6.20 Å². The molecular weight excluding hydrogens is 474 g/mol. The third-order valence-electron chi connectivity index (χ3n) is 9.43. The van der Waals surface area contributed by atoms with Gasteiger partial charge in [-0.15, -0.1) is 0 Å². The number of nitrogens with one attached hydrogen (secondary N) is 1. The van der Waals surface area contributed by atoms with Crippen molar-refractivity contribution < 1.29 is 9.53 Å². The van der Waals surface area contributed by atoms with Crippen LogP contribution in [0.1, 0.15) is 81.5 Å². The van der Waals surface area contributed by atoms with Crippen LogP contribution in [-0.2, 0) is 22.5 Å². The zero-order valence-electron chi connectivity index (χ0n) is 23.0. The number of piperidine rings is 1. The van der Waals surface area contributed by atoms with Crippen LogP contribution in [0.25, 0.3) is 0 Å². The van der Waals surface area contributed by atoms with Gasteiger partial charge in [-0.25, -0.2) is 9.97 Å². The fourth-order valence-electron chi connectivity index (χ4n) is 7.15. The molecule has 3 aliphatic heterocycles. The van der Waals surface area contributed by atoms with Gasteiger partial charge >= 0.3 is 0 Å². The lowest BCUT2D eigenvalue weighted by Gasteiger charge is -2.45. The molecule has 0 spiro atoms. The number of hydrogen-bond acceptors (Lipinski definition) is 6. The van der Waals surface area contributed by atoms with Crippen molar-refractivity contribution >= 4 is 11.9 Å². The van der Waals surface area contributed by atoms with E-state index in [9.17, 15) is 4.79 Å². The van der Waals surface area contributed by atoms with Crippen molar-refractivity contribution in [3.63, 3.8) is 0 Å². The lowest BCUT2D eigenvalue weighted by Crippen LogP contribution is -2.48. The van der Waals surface area contributed by atoms with E-state index in [1.165, 1.54) is 36.9 Å². The van der Waals surface area contributed by atoms with Crippen molar-refractivity contribution in [1.82, 2.24) is 19.8 Å². The van der Waals surface area contributed by atoms with Gasteiger partial charge in [0, 0.05) is 55.9 Å². The van der Waals surface area contributed by atoms with Gasteiger partial charge in [-0.1, -0.05) is 30.3 Å². The molecule has 3 fully saturated rings. The maximum Gasteiger partial charge on any atom is 0.223 e. The highest BCUT2D eigenvalue weighted by Crippen LogP contribution is 2.44. The Labute approximate surface area is 227 Å². The molecule has 1 aromatic heterocycles. The van der Waals surface area contributed by atoms with Crippen molar-refractivity contribution in [3.8, 4) is 0 Å². The maximum absolute atomic E-state index is 13.6. The second-order valence-corrected chi connectivity index (χ2v) is 12.0. The van der Waals surface area contributed by atoms with Gasteiger partial charge in [-0.2, -0.15) is 0 Å². The van der Waals surface area contributed by atoms with Gasteiger partial charge in [-0.05, 0) is 82.4 Å². The van der Waals surface area contributed by atoms with Crippen molar-refractivity contribution in [2.24, 2.45) is 5.92 Å². The van der Waals surface area contributed by atoms with Crippen molar-refractivity contribution in [3.05, 3.63) is 53.3 Å². The van der Waals surface area contributed by atoms with E-state index < -0.39 is 0 Å². The number of anilines is 1. The van der Waals surface area contributed by atoms with Crippen LogP contribution in [0.2, 0.25) is 0 Å². The van der Waals surface area contributed by atoms with Crippen LogP contribution in [-0.4, -0.2) is 69.6 Å². The fraction of sp³-hybridized carbons (Fsp3) is 0.645. The molecule has 204 valence electrons. The molecule has 1 amide bonds. The number of amides is 1. The number of benzene rings is 1. The van der Waals surface area contributed by atoms with Crippen LogP contribution >= 0.6 is 0 Å². The van der Waals surface area contributed by atoms with Gasteiger partial charge < -0.3 is 15.0 Å². The molecule has 0 radical (unpaired) electrons. The first-order valence-corrected chi connectivity index (χ1v) is 14.9. The monoisotopic (exact) mass is 517 g/mol. The van der Waals surface area contributed by atoms with Gasteiger partial charge in [0.15, 0.2) is 0 Å². The summed E-state index contributed by atoms with van der Waals surface area (Å²) in [7, 11) is 0. The zero-order valence-corrected chi connectivity index (χ0v) is 23.0. The first-order chi connectivity index (χ1) is 18.6. The highest BCUT2D eigenvalue weighted by Gasteiger charge is 2.42. The van der Waals surface area contributed by atoms with E-state index in [2.05, 4.69) is 64.3 Å². The van der Waals surface area contributed by atoms with Gasteiger partial charge in [0.05, 0.1) is 12.2 Å². The Morgan fingerprint density at radius 3 is 2.63 bits per heavy atom. The van der Waals surface area contributed by atoms with Gasteiger partial charge in [0.1, 0.15) is 0 Å². The highest BCUT2D eigenvalue weighted by atomic mass is 16.5. The summed E-state index contributed by atoms with van der Waals surface area (Å²) in [4.78, 5) is 27.9. The molecule has 4 atom stereocenters. The van der Waals surface area contributed by atoms with E-state index in [1.54, 1.807) is 0 Å². The van der Waals surface area contributed by atoms with Crippen LogP contribution in [0.5, 0.6) is 0 Å². The number of rotatable bonds is 7. The molecule has 0 bridgehead atoms. The molecule has 4 heterocycles. The molecule has 2 saturated heterocycles. The van der Waals surface area contributed by atoms with E-state index >= 15 is 0 Å². The molecule has 6 rings (SSSR count). The first-order valence-electron chi connectivity index (χ1n) is 14.9. The van der Waals surface area contributed by atoms with E-state index in [0.29, 0.717) is 42.8 Å². The van der Waals surface area contributed by atoms with Crippen LogP contribution < -0.4 is 5.32 Å². The summed E-state index contributed by atoms with van der Waals surface area (Å²) in [6.45, 7) is 7.90. The SMILES string of the molecule is CC1[C@H](c2ccccc2)C(CCC(=O)N2Cc3nc(NC4CCOCC4)ncc3C[C@H]2C)CCN1C1CC1. The van der Waals surface area contributed by atoms with Gasteiger partial charge in [-0.3, -0.25) is 9.69 Å². The number of carbonyl (C=O) groups excluding carboxylic acids is 1. The Kier molecular flexibility index (Phi) is 7.66. The smallest absolute Gasteiger partial charge is 0.223 e. The Morgan fingerprint density at radius 2 is 1.87 bits per heavy atom. The lowest BCUT2D eigenvalue weighted by molar-refractivity contribution is -0.134. The molecule has 2 unspecified atom stereocenters. The molecule has 4 aliphatic rings. The average molecular weight is 518 g/mol.